The Kier molecular flexibility index (Phi) is 9.46. The number of carbonyl (C=O) groups is 1. The first-order chi connectivity index (χ1) is 20.6. The molecular weight excluding hydrogens is 796 g/mol. The molecule has 0 saturated heterocycles. The lowest BCUT2D eigenvalue weighted by atomic mass is 9.95. The van der Waals surface area contributed by atoms with Gasteiger partial charge in [-0.05, 0) is 113 Å². The van der Waals surface area contributed by atoms with Crippen molar-refractivity contribution in [2.24, 2.45) is 4.99 Å². The van der Waals surface area contributed by atoms with Crippen LogP contribution in [0.5, 0.6) is 5.75 Å². The molecule has 1 aliphatic rings. The average molecular weight is 821 g/mol. The highest BCUT2D eigenvalue weighted by molar-refractivity contribution is 14.1. The molecular formula is C31H25I2N3O6S. The van der Waals surface area contributed by atoms with Crippen LogP contribution in [0.2, 0.25) is 0 Å². The number of nitrogens with zero attached hydrogens (tertiary/aromatic N) is 3. The molecule has 0 bridgehead atoms. The van der Waals surface area contributed by atoms with Crippen LogP contribution in [0.1, 0.15) is 42.1 Å². The number of ether oxygens (including phenoxy) is 2. The van der Waals surface area contributed by atoms with Gasteiger partial charge in [0.2, 0.25) is 0 Å². The number of aromatic nitrogens is 1. The highest BCUT2D eigenvalue weighted by Gasteiger charge is 2.33. The number of benzene rings is 3. The second kappa shape index (κ2) is 13.1. The van der Waals surface area contributed by atoms with Crippen LogP contribution in [0, 0.1) is 24.2 Å². The van der Waals surface area contributed by atoms with Crippen molar-refractivity contribution in [1.82, 2.24) is 4.57 Å². The molecule has 1 atom stereocenters. The molecule has 0 amide bonds. The van der Waals surface area contributed by atoms with Crippen molar-refractivity contribution in [3.05, 3.63) is 131 Å². The molecule has 2 heterocycles. The molecule has 0 radical (unpaired) electrons. The number of fused-ring (bicyclic) bond motifs is 1. The molecule has 1 aliphatic heterocycles. The Balaban J connectivity index is 1.51. The van der Waals surface area contributed by atoms with Gasteiger partial charge in [-0.3, -0.25) is 19.5 Å². The van der Waals surface area contributed by atoms with Gasteiger partial charge < -0.3 is 9.47 Å². The molecule has 5 rings (SSSR count). The fourth-order valence-electron chi connectivity index (χ4n) is 4.68. The number of thiazole rings is 1. The monoisotopic (exact) mass is 821 g/mol. The SMILES string of the molecule is CCOC(=O)C1=C(C)N=c2s/c(=C/c3cc(I)c(OCc4ccc([N+](=O)[O-])cc4)c(I)c3)c(=O)n2[C@H]1c1ccc(C)cc1. The number of hydrogen-bond acceptors (Lipinski definition) is 8. The molecule has 0 spiro atoms. The van der Waals surface area contributed by atoms with Crippen molar-refractivity contribution in [2.75, 3.05) is 6.61 Å². The van der Waals surface area contributed by atoms with Crippen LogP contribution < -0.4 is 19.6 Å². The first-order valence-electron chi connectivity index (χ1n) is 13.2. The summed E-state index contributed by atoms with van der Waals surface area (Å²) in [4.78, 5) is 42.6. The van der Waals surface area contributed by atoms with Crippen LogP contribution in [0.3, 0.4) is 0 Å². The molecule has 1 aromatic heterocycles. The van der Waals surface area contributed by atoms with Gasteiger partial charge in [0.1, 0.15) is 12.4 Å². The molecule has 0 N–H and O–H groups in total. The van der Waals surface area contributed by atoms with Crippen LogP contribution >= 0.6 is 56.5 Å². The van der Waals surface area contributed by atoms with E-state index in [0.717, 1.165) is 29.4 Å². The number of halogens is 2. The molecule has 43 heavy (non-hydrogen) atoms. The van der Waals surface area contributed by atoms with Crippen molar-refractivity contribution >= 4 is 74.3 Å². The van der Waals surface area contributed by atoms with E-state index in [1.165, 1.54) is 23.5 Å². The fraction of sp³-hybridized carbons (Fsp3) is 0.194. The van der Waals surface area contributed by atoms with Gasteiger partial charge in [-0.2, -0.15) is 0 Å². The van der Waals surface area contributed by atoms with Gasteiger partial charge in [0.15, 0.2) is 4.80 Å². The zero-order chi connectivity index (χ0) is 30.8. The number of nitro groups is 1. The molecule has 0 unspecified atom stereocenters. The Morgan fingerprint density at radius 3 is 2.35 bits per heavy atom. The van der Waals surface area contributed by atoms with Gasteiger partial charge in [-0.1, -0.05) is 41.2 Å². The average Bonchev–Trinajstić information content (AvgIpc) is 3.26. The Bertz CT molecular complexity index is 1920. The van der Waals surface area contributed by atoms with Gasteiger partial charge in [0.25, 0.3) is 11.2 Å². The van der Waals surface area contributed by atoms with Crippen LogP contribution in [-0.2, 0) is 16.1 Å². The lowest BCUT2D eigenvalue weighted by molar-refractivity contribution is -0.384. The van der Waals surface area contributed by atoms with E-state index < -0.39 is 16.9 Å². The normalized spacial score (nSPS) is 14.7. The summed E-state index contributed by atoms with van der Waals surface area (Å²) in [6.45, 7) is 5.97. The topological polar surface area (TPSA) is 113 Å². The molecule has 0 fully saturated rings. The Morgan fingerprint density at radius 2 is 1.74 bits per heavy atom. The zero-order valence-corrected chi connectivity index (χ0v) is 28.4. The first kappa shape index (κ1) is 31.1. The fourth-order valence-corrected chi connectivity index (χ4v) is 7.85. The van der Waals surface area contributed by atoms with Gasteiger partial charge in [0, 0.05) is 12.1 Å². The molecule has 4 aromatic rings. The second-order valence-corrected chi connectivity index (χ2v) is 13.1. The maximum atomic E-state index is 13.9. The lowest BCUT2D eigenvalue weighted by Gasteiger charge is -2.24. The largest absolute Gasteiger partial charge is 0.487 e. The predicted octanol–water partition coefficient (Wildman–Crippen LogP) is 5.80. The minimum absolute atomic E-state index is 0.0278. The lowest BCUT2D eigenvalue weighted by Crippen LogP contribution is -2.39. The van der Waals surface area contributed by atoms with E-state index in [1.54, 1.807) is 30.5 Å². The molecule has 9 nitrogen and oxygen atoms in total. The van der Waals surface area contributed by atoms with E-state index in [4.69, 9.17) is 9.47 Å². The zero-order valence-electron chi connectivity index (χ0n) is 23.3. The summed E-state index contributed by atoms with van der Waals surface area (Å²) in [6, 6.07) is 17.2. The predicted molar refractivity (Wildman–Crippen MR) is 181 cm³/mol. The number of esters is 1. The van der Waals surface area contributed by atoms with E-state index in [-0.39, 0.29) is 24.5 Å². The number of non-ortho nitro benzene ring substituents is 1. The third kappa shape index (κ3) is 6.60. The molecule has 220 valence electrons. The van der Waals surface area contributed by atoms with Crippen LogP contribution in [0.25, 0.3) is 6.08 Å². The highest BCUT2D eigenvalue weighted by atomic mass is 127. The van der Waals surface area contributed by atoms with Gasteiger partial charge in [0.05, 0.1) is 40.5 Å². The number of nitro benzene ring substituents is 1. The Hall–Kier alpha value is -3.37. The molecule has 3 aromatic carbocycles. The number of hydrogen-bond donors (Lipinski definition) is 0. The summed E-state index contributed by atoms with van der Waals surface area (Å²) in [5, 5.41) is 10.9. The minimum Gasteiger partial charge on any atom is -0.487 e. The van der Waals surface area contributed by atoms with E-state index in [1.807, 2.05) is 49.4 Å². The van der Waals surface area contributed by atoms with Crippen molar-refractivity contribution in [3.8, 4) is 5.75 Å². The minimum atomic E-state index is -0.659. The quantitative estimate of drug-likeness (QED) is 0.0962. The van der Waals surface area contributed by atoms with Crippen LogP contribution in [-0.4, -0.2) is 22.1 Å². The van der Waals surface area contributed by atoms with Gasteiger partial charge in [-0.25, -0.2) is 9.79 Å². The first-order valence-corrected chi connectivity index (χ1v) is 16.2. The summed E-state index contributed by atoms with van der Waals surface area (Å²) >= 11 is 5.66. The molecule has 0 saturated carbocycles. The van der Waals surface area contributed by atoms with E-state index in [2.05, 4.69) is 50.2 Å². The Labute approximate surface area is 278 Å². The van der Waals surface area contributed by atoms with E-state index in [9.17, 15) is 19.7 Å². The van der Waals surface area contributed by atoms with E-state index in [0.29, 0.717) is 26.4 Å². The van der Waals surface area contributed by atoms with E-state index >= 15 is 0 Å². The third-order valence-corrected chi connectivity index (χ3v) is 9.34. The summed E-state index contributed by atoms with van der Waals surface area (Å²) in [7, 11) is 0. The number of rotatable bonds is 8. The van der Waals surface area contributed by atoms with Gasteiger partial charge in [-0.15, -0.1) is 0 Å². The van der Waals surface area contributed by atoms with Crippen molar-refractivity contribution in [2.45, 2.75) is 33.4 Å². The molecule has 12 heteroatoms. The Morgan fingerprint density at radius 1 is 1.09 bits per heavy atom. The summed E-state index contributed by atoms with van der Waals surface area (Å²) in [5.74, 6) is 0.198. The summed E-state index contributed by atoms with van der Waals surface area (Å²) in [5.41, 5.74) is 4.15. The number of aryl methyl sites for hydroxylation is 1. The maximum absolute atomic E-state index is 13.9. The van der Waals surface area contributed by atoms with Crippen LogP contribution in [0.4, 0.5) is 5.69 Å². The highest BCUT2D eigenvalue weighted by Crippen LogP contribution is 2.32. The van der Waals surface area contributed by atoms with Gasteiger partial charge >= 0.3 is 5.97 Å². The standard InChI is InChI=1S/C31H25I2N3O6S/c1-4-41-30(38)26-18(3)34-31-35(27(26)21-9-5-17(2)6-10-21)29(37)25(43-31)15-20-13-23(32)28(24(33)14-20)42-16-19-7-11-22(12-8-19)36(39)40/h5-15,27H,4,16H2,1-3H3/b25-15+/t27-/m0/s1. The number of carbonyl (C=O) groups excluding carboxylic acids is 1. The van der Waals surface area contributed by atoms with Crippen LogP contribution in [0.15, 0.2) is 81.7 Å². The number of allylic oxidation sites excluding steroid dienone is 1. The summed E-state index contributed by atoms with van der Waals surface area (Å²) in [6.07, 6.45) is 1.82. The molecule has 0 aliphatic carbocycles. The van der Waals surface area contributed by atoms with Crippen molar-refractivity contribution in [3.63, 3.8) is 0 Å². The third-order valence-electron chi connectivity index (χ3n) is 6.76. The maximum Gasteiger partial charge on any atom is 0.338 e. The second-order valence-electron chi connectivity index (χ2n) is 9.74. The summed E-state index contributed by atoms with van der Waals surface area (Å²) < 4.78 is 15.2. The van der Waals surface area contributed by atoms with Crippen molar-refractivity contribution in [1.29, 1.82) is 0 Å². The van der Waals surface area contributed by atoms with Crippen molar-refractivity contribution < 1.29 is 19.2 Å². The smallest absolute Gasteiger partial charge is 0.338 e.